The number of imide groups is 1. The number of hydrogen-bond acceptors (Lipinski definition) is 5. The molecule has 0 bridgehead atoms. The minimum absolute atomic E-state index is 0.0906. The third-order valence-electron chi connectivity index (χ3n) is 4.82. The van der Waals surface area contributed by atoms with Crippen LogP contribution in [0.25, 0.3) is 10.9 Å². The van der Waals surface area contributed by atoms with Gasteiger partial charge in [-0.3, -0.25) is 24.4 Å². The van der Waals surface area contributed by atoms with Gasteiger partial charge in [0.05, 0.1) is 23.2 Å². The second-order valence-corrected chi connectivity index (χ2v) is 7.60. The number of rotatable bonds is 3. The first kappa shape index (κ1) is 17.8. The number of hydrogen-bond donors (Lipinski definition) is 1. The molecule has 1 N–H and O–H groups in total. The molecule has 6 nitrogen and oxygen atoms in total. The molecule has 0 radical (unpaired) electrons. The van der Waals surface area contributed by atoms with Crippen LogP contribution in [0.5, 0.6) is 0 Å². The van der Waals surface area contributed by atoms with E-state index in [1.807, 2.05) is 0 Å². The van der Waals surface area contributed by atoms with Crippen molar-refractivity contribution in [3.8, 4) is 0 Å². The van der Waals surface area contributed by atoms with Gasteiger partial charge in [-0.1, -0.05) is 5.57 Å². The summed E-state index contributed by atoms with van der Waals surface area (Å²) in [5.74, 6) is -3.66. The molecule has 27 heavy (non-hydrogen) atoms. The molecule has 1 saturated heterocycles. The lowest BCUT2D eigenvalue weighted by Crippen LogP contribution is -2.34. The Kier molecular flexibility index (Phi) is 4.33. The zero-order valence-corrected chi connectivity index (χ0v) is 14.9. The van der Waals surface area contributed by atoms with Crippen molar-refractivity contribution in [3.63, 3.8) is 0 Å². The van der Waals surface area contributed by atoms with Crippen LogP contribution in [-0.2, 0) is 4.79 Å². The van der Waals surface area contributed by atoms with E-state index in [1.165, 1.54) is 0 Å². The van der Waals surface area contributed by atoms with E-state index in [9.17, 15) is 23.2 Å². The summed E-state index contributed by atoms with van der Waals surface area (Å²) in [6.07, 6.45) is 1.12. The largest absolute Gasteiger partial charge is 0.293 e. The molecule has 0 unspecified atom stereocenters. The van der Waals surface area contributed by atoms with E-state index in [-0.39, 0.29) is 42.9 Å². The molecule has 4 rings (SSSR count). The zero-order valence-electron chi connectivity index (χ0n) is 14.1. The van der Waals surface area contributed by atoms with Crippen LogP contribution in [0.1, 0.15) is 36.0 Å². The van der Waals surface area contributed by atoms with Crippen LogP contribution in [0.2, 0.25) is 0 Å². The van der Waals surface area contributed by atoms with Gasteiger partial charge in [0.2, 0.25) is 5.92 Å². The standard InChI is InChI=1S/C18H15F2N3O3S/c19-18(20)5-3-10(4-6-18)15-16(25)23(17(26)27-15)9-14(24)11-1-2-13-12(7-11)8-21-22-13/h1-2,7-8H,3-6,9H2,(H,21,22). The quantitative estimate of drug-likeness (QED) is 0.634. The van der Waals surface area contributed by atoms with Gasteiger partial charge in [0.1, 0.15) is 0 Å². The number of nitrogens with zero attached hydrogens (tertiary/aromatic N) is 2. The maximum Gasteiger partial charge on any atom is 0.293 e. The number of Topliss-reactive ketones (excluding diaryl/α,β-unsaturated/α-hetero) is 1. The van der Waals surface area contributed by atoms with Gasteiger partial charge in [0.15, 0.2) is 5.78 Å². The number of carbonyl (C=O) groups excluding carboxylic acids is 3. The van der Waals surface area contributed by atoms with Crippen molar-refractivity contribution in [2.75, 3.05) is 6.54 Å². The Morgan fingerprint density at radius 1 is 1.26 bits per heavy atom. The third-order valence-corrected chi connectivity index (χ3v) is 5.88. The Labute approximate surface area is 157 Å². The summed E-state index contributed by atoms with van der Waals surface area (Å²) in [5, 5.41) is 6.87. The maximum atomic E-state index is 13.3. The van der Waals surface area contributed by atoms with Crippen LogP contribution >= 0.6 is 11.8 Å². The number of benzene rings is 1. The molecular weight excluding hydrogens is 376 g/mol. The van der Waals surface area contributed by atoms with Gasteiger partial charge in [0.25, 0.3) is 11.1 Å². The number of alkyl halides is 2. The second-order valence-electron chi connectivity index (χ2n) is 6.64. The Hall–Kier alpha value is -2.55. The van der Waals surface area contributed by atoms with Gasteiger partial charge < -0.3 is 0 Å². The number of halogens is 2. The van der Waals surface area contributed by atoms with Gasteiger partial charge in [-0.2, -0.15) is 5.10 Å². The summed E-state index contributed by atoms with van der Waals surface area (Å²) in [7, 11) is 0. The average Bonchev–Trinajstić information content (AvgIpc) is 3.21. The van der Waals surface area contributed by atoms with Crippen LogP contribution in [0, 0.1) is 0 Å². The number of nitrogens with one attached hydrogen (secondary N) is 1. The van der Waals surface area contributed by atoms with Gasteiger partial charge in [-0.15, -0.1) is 0 Å². The van der Waals surface area contributed by atoms with E-state index in [1.54, 1.807) is 24.4 Å². The normalized spacial score (nSPS) is 20.0. The summed E-state index contributed by atoms with van der Waals surface area (Å²) in [4.78, 5) is 38.4. The molecule has 0 atom stereocenters. The second kappa shape index (κ2) is 6.56. The van der Waals surface area contributed by atoms with Crippen LogP contribution in [0.3, 0.4) is 0 Å². The van der Waals surface area contributed by atoms with Crippen molar-refractivity contribution in [1.82, 2.24) is 15.1 Å². The van der Waals surface area contributed by atoms with Gasteiger partial charge in [-0.25, -0.2) is 8.78 Å². The van der Waals surface area contributed by atoms with Gasteiger partial charge in [0, 0.05) is 23.8 Å². The fraction of sp³-hybridized carbons (Fsp3) is 0.333. The van der Waals surface area contributed by atoms with Gasteiger partial charge in [-0.05, 0) is 42.8 Å². The number of carbonyl (C=O) groups is 3. The van der Waals surface area contributed by atoms with E-state index < -0.39 is 17.1 Å². The van der Waals surface area contributed by atoms with E-state index in [0.717, 1.165) is 27.6 Å². The van der Waals surface area contributed by atoms with Crippen LogP contribution in [0.15, 0.2) is 34.9 Å². The average molecular weight is 391 g/mol. The molecule has 2 aromatic rings. The van der Waals surface area contributed by atoms with Crippen LogP contribution in [-0.4, -0.2) is 44.5 Å². The Bertz CT molecular complexity index is 987. The summed E-state index contributed by atoms with van der Waals surface area (Å²) in [5.41, 5.74) is 1.73. The highest BCUT2D eigenvalue weighted by molar-refractivity contribution is 8.18. The number of amides is 2. The number of aromatic nitrogens is 2. The minimum atomic E-state index is -2.72. The number of fused-ring (bicyclic) bond motifs is 1. The molecule has 1 aliphatic heterocycles. The zero-order chi connectivity index (χ0) is 19.2. The molecule has 140 valence electrons. The van der Waals surface area contributed by atoms with Crippen molar-refractivity contribution in [2.45, 2.75) is 31.6 Å². The topological polar surface area (TPSA) is 83.1 Å². The molecule has 9 heteroatoms. The summed E-state index contributed by atoms with van der Waals surface area (Å²) in [6, 6.07) is 4.94. The first-order valence-electron chi connectivity index (χ1n) is 8.44. The molecule has 1 aromatic heterocycles. The van der Waals surface area contributed by atoms with Crippen molar-refractivity contribution in [1.29, 1.82) is 0 Å². The van der Waals surface area contributed by atoms with E-state index >= 15 is 0 Å². The molecule has 2 fully saturated rings. The van der Waals surface area contributed by atoms with E-state index in [4.69, 9.17) is 0 Å². The first-order chi connectivity index (χ1) is 12.8. The minimum Gasteiger partial charge on any atom is -0.292 e. The summed E-state index contributed by atoms with van der Waals surface area (Å²) < 4.78 is 26.6. The lowest BCUT2D eigenvalue weighted by atomic mass is 9.91. The van der Waals surface area contributed by atoms with Crippen LogP contribution < -0.4 is 0 Å². The molecule has 1 aliphatic carbocycles. The maximum absolute atomic E-state index is 13.3. The first-order valence-corrected chi connectivity index (χ1v) is 9.25. The predicted octanol–water partition coefficient (Wildman–Crippen LogP) is 3.90. The van der Waals surface area contributed by atoms with Crippen molar-refractivity contribution >= 4 is 39.6 Å². The monoisotopic (exact) mass is 391 g/mol. The summed E-state index contributed by atoms with van der Waals surface area (Å²) in [6.45, 7) is -0.374. The Morgan fingerprint density at radius 2 is 2.00 bits per heavy atom. The lowest BCUT2D eigenvalue weighted by molar-refractivity contribution is -0.122. The van der Waals surface area contributed by atoms with E-state index in [2.05, 4.69) is 10.2 Å². The number of ketones is 1. The van der Waals surface area contributed by atoms with Crippen molar-refractivity contribution in [2.24, 2.45) is 0 Å². The van der Waals surface area contributed by atoms with E-state index in [0.29, 0.717) is 11.1 Å². The molecule has 2 aliphatic rings. The fourth-order valence-corrected chi connectivity index (χ4v) is 4.23. The highest BCUT2D eigenvalue weighted by atomic mass is 32.2. The number of allylic oxidation sites excluding steroid dienone is 1. The highest BCUT2D eigenvalue weighted by Gasteiger charge is 2.41. The molecule has 2 heterocycles. The number of thioether (sulfide) groups is 1. The molecule has 2 amide bonds. The molecule has 1 saturated carbocycles. The molecular formula is C18H15F2N3O3S. The van der Waals surface area contributed by atoms with Crippen LogP contribution in [0.4, 0.5) is 13.6 Å². The third kappa shape index (κ3) is 3.39. The number of H-pyrrole nitrogens is 1. The van der Waals surface area contributed by atoms with Crippen molar-refractivity contribution < 1.29 is 23.2 Å². The van der Waals surface area contributed by atoms with Crippen molar-refractivity contribution in [3.05, 3.63) is 40.4 Å². The smallest absolute Gasteiger partial charge is 0.292 e. The predicted molar refractivity (Wildman–Crippen MR) is 95.6 cm³/mol. The number of aromatic amines is 1. The fourth-order valence-electron chi connectivity index (χ4n) is 3.25. The molecule has 0 spiro atoms. The highest BCUT2D eigenvalue weighted by Crippen LogP contribution is 2.42. The summed E-state index contributed by atoms with van der Waals surface area (Å²) >= 11 is 0.735. The Morgan fingerprint density at radius 3 is 2.74 bits per heavy atom. The SMILES string of the molecule is O=C(CN1C(=O)SC(=C2CCC(F)(F)CC2)C1=O)c1ccc2[nH]ncc2c1. The molecule has 1 aromatic carbocycles. The Balaban J connectivity index is 1.51. The van der Waals surface area contributed by atoms with Gasteiger partial charge >= 0.3 is 0 Å². The lowest BCUT2D eigenvalue weighted by Gasteiger charge is -2.24.